The van der Waals surface area contributed by atoms with Gasteiger partial charge in [-0.1, -0.05) is 41.9 Å². The number of rotatable bonds is 5. The molecule has 2 aromatic rings. The Morgan fingerprint density at radius 1 is 1.19 bits per heavy atom. The minimum Gasteiger partial charge on any atom is -0.455 e. The van der Waals surface area contributed by atoms with Crippen LogP contribution in [0.2, 0.25) is 5.02 Å². The molecular weight excluding hydrogens is 357 g/mol. The van der Waals surface area contributed by atoms with Crippen LogP contribution < -0.4 is 5.32 Å². The summed E-state index contributed by atoms with van der Waals surface area (Å²) in [4.78, 5) is 24.0. The number of nitrogens with one attached hydrogen (secondary N) is 1. The standard InChI is InChI=1S/C20H19ClFNO3/c21-16-8-4-9-17(22)15(16)11-20(25)26-12-19(24)23-18-10-3-6-13-5-1-2-7-14(13)18/h1-2,4-5,7-9,18H,3,6,10-12H2,(H,23,24). The van der Waals surface area contributed by atoms with Crippen LogP contribution in [-0.2, 0) is 27.2 Å². The van der Waals surface area contributed by atoms with Gasteiger partial charge in [-0.3, -0.25) is 9.59 Å². The summed E-state index contributed by atoms with van der Waals surface area (Å²) in [5, 5.41) is 3.06. The van der Waals surface area contributed by atoms with E-state index in [4.69, 9.17) is 16.3 Å². The summed E-state index contributed by atoms with van der Waals surface area (Å²) >= 11 is 5.89. The first-order chi connectivity index (χ1) is 12.5. The molecule has 1 atom stereocenters. The van der Waals surface area contributed by atoms with Crippen LogP contribution in [-0.4, -0.2) is 18.5 Å². The van der Waals surface area contributed by atoms with Gasteiger partial charge in [-0.25, -0.2) is 4.39 Å². The van der Waals surface area contributed by atoms with E-state index in [9.17, 15) is 14.0 Å². The average Bonchev–Trinajstić information content (AvgIpc) is 2.63. The van der Waals surface area contributed by atoms with Gasteiger partial charge in [-0.05, 0) is 42.5 Å². The summed E-state index contributed by atoms with van der Waals surface area (Å²) < 4.78 is 18.7. The van der Waals surface area contributed by atoms with E-state index >= 15 is 0 Å². The molecule has 3 rings (SSSR count). The highest BCUT2D eigenvalue weighted by Gasteiger charge is 2.22. The second-order valence-electron chi connectivity index (χ2n) is 6.25. The van der Waals surface area contributed by atoms with Crippen molar-refractivity contribution in [2.45, 2.75) is 31.7 Å². The molecule has 1 amide bonds. The lowest BCUT2D eigenvalue weighted by molar-refractivity contribution is -0.148. The summed E-state index contributed by atoms with van der Waals surface area (Å²) in [5.41, 5.74) is 2.41. The van der Waals surface area contributed by atoms with Gasteiger partial charge in [0, 0.05) is 10.6 Å². The first-order valence-corrected chi connectivity index (χ1v) is 8.88. The highest BCUT2D eigenvalue weighted by atomic mass is 35.5. The molecule has 6 heteroatoms. The molecule has 0 aliphatic heterocycles. The van der Waals surface area contributed by atoms with E-state index in [0.29, 0.717) is 0 Å². The smallest absolute Gasteiger partial charge is 0.310 e. The van der Waals surface area contributed by atoms with Gasteiger partial charge in [0.25, 0.3) is 5.91 Å². The lowest BCUT2D eigenvalue weighted by Gasteiger charge is -2.26. The van der Waals surface area contributed by atoms with E-state index in [2.05, 4.69) is 11.4 Å². The number of benzene rings is 2. The van der Waals surface area contributed by atoms with Crippen LogP contribution in [0, 0.1) is 5.82 Å². The van der Waals surface area contributed by atoms with Crippen molar-refractivity contribution in [2.24, 2.45) is 0 Å². The van der Waals surface area contributed by atoms with E-state index in [1.54, 1.807) is 0 Å². The molecule has 2 aromatic carbocycles. The van der Waals surface area contributed by atoms with Gasteiger partial charge < -0.3 is 10.1 Å². The Labute approximate surface area is 156 Å². The van der Waals surface area contributed by atoms with Crippen molar-refractivity contribution in [3.05, 3.63) is 70.0 Å². The lowest BCUT2D eigenvalue weighted by Crippen LogP contribution is -2.34. The molecule has 0 aromatic heterocycles. The zero-order valence-corrected chi connectivity index (χ0v) is 14.9. The Bertz CT molecular complexity index is 804. The molecule has 1 N–H and O–H groups in total. The molecule has 1 aliphatic carbocycles. The maximum Gasteiger partial charge on any atom is 0.310 e. The molecule has 1 unspecified atom stereocenters. The van der Waals surface area contributed by atoms with Crippen LogP contribution in [0.4, 0.5) is 4.39 Å². The Morgan fingerprint density at radius 2 is 2.00 bits per heavy atom. The van der Waals surface area contributed by atoms with E-state index < -0.39 is 18.4 Å². The van der Waals surface area contributed by atoms with Crippen LogP contribution in [0.3, 0.4) is 0 Å². The largest absolute Gasteiger partial charge is 0.455 e. The highest BCUT2D eigenvalue weighted by Crippen LogP contribution is 2.29. The maximum atomic E-state index is 13.7. The van der Waals surface area contributed by atoms with Gasteiger partial charge in [0.15, 0.2) is 6.61 Å². The molecular formula is C20H19ClFNO3. The SMILES string of the molecule is O=C(COC(=O)Cc1c(F)cccc1Cl)NC1CCCc2ccccc21. The number of amides is 1. The molecule has 0 saturated carbocycles. The molecule has 0 spiro atoms. The van der Waals surface area contributed by atoms with Crippen LogP contribution in [0.25, 0.3) is 0 Å². The predicted octanol–water partition coefficient (Wildman–Crippen LogP) is 3.76. The van der Waals surface area contributed by atoms with E-state index in [0.717, 1.165) is 24.8 Å². The summed E-state index contributed by atoms with van der Waals surface area (Å²) in [6.45, 7) is -0.399. The number of fused-ring (bicyclic) bond motifs is 1. The minimum atomic E-state index is -0.698. The average molecular weight is 376 g/mol. The van der Waals surface area contributed by atoms with Crippen molar-refractivity contribution in [1.82, 2.24) is 5.32 Å². The zero-order chi connectivity index (χ0) is 18.5. The van der Waals surface area contributed by atoms with Gasteiger partial charge in [0.1, 0.15) is 5.82 Å². The first kappa shape index (κ1) is 18.4. The minimum absolute atomic E-state index is 0.0702. The van der Waals surface area contributed by atoms with E-state index in [1.165, 1.54) is 23.8 Å². The summed E-state index contributed by atoms with van der Waals surface area (Å²) in [7, 11) is 0. The molecule has 0 bridgehead atoms. The first-order valence-electron chi connectivity index (χ1n) is 8.50. The fraction of sp³-hybridized carbons (Fsp3) is 0.300. The van der Waals surface area contributed by atoms with Crippen LogP contribution >= 0.6 is 11.6 Å². The predicted molar refractivity (Wildman–Crippen MR) is 96.3 cm³/mol. The van der Waals surface area contributed by atoms with Gasteiger partial charge in [-0.15, -0.1) is 0 Å². The number of ether oxygens (including phenoxy) is 1. The summed E-state index contributed by atoms with van der Waals surface area (Å²) in [6, 6.07) is 12.1. The molecule has 0 radical (unpaired) electrons. The Morgan fingerprint density at radius 3 is 2.81 bits per heavy atom. The normalized spacial score (nSPS) is 15.8. The Balaban J connectivity index is 1.53. The monoisotopic (exact) mass is 375 g/mol. The second kappa shape index (κ2) is 8.32. The highest BCUT2D eigenvalue weighted by molar-refractivity contribution is 6.31. The number of halogens is 2. The Hall–Kier alpha value is -2.40. The third-order valence-corrected chi connectivity index (χ3v) is 4.81. The topological polar surface area (TPSA) is 55.4 Å². The number of esters is 1. The second-order valence-corrected chi connectivity index (χ2v) is 6.66. The van der Waals surface area contributed by atoms with E-state index in [1.807, 2.05) is 18.2 Å². The van der Waals surface area contributed by atoms with Gasteiger partial charge in [0.2, 0.25) is 0 Å². The van der Waals surface area contributed by atoms with Gasteiger partial charge in [-0.2, -0.15) is 0 Å². The van der Waals surface area contributed by atoms with Crippen LogP contribution in [0.5, 0.6) is 0 Å². The molecule has 26 heavy (non-hydrogen) atoms. The number of hydrogen-bond donors (Lipinski definition) is 1. The number of carbonyl (C=O) groups is 2. The van der Waals surface area contributed by atoms with Gasteiger partial charge >= 0.3 is 5.97 Å². The molecule has 136 valence electrons. The fourth-order valence-electron chi connectivity index (χ4n) is 3.18. The van der Waals surface area contributed by atoms with Crippen molar-refractivity contribution < 1.29 is 18.7 Å². The third-order valence-electron chi connectivity index (χ3n) is 4.45. The lowest BCUT2D eigenvalue weighted by atomic mass is 9.88. The molecule has 4 nitrogen and oxygen atoms in total. The number of hydrogen-bond acceptors (Lipinski definition) is 3. The number of aryl methyl sites for hydroxylation is 1. The molecule has 1 aliphatic rings. The van der Waals surface area contributed by atoms with E-state index in [-0.39, 0.29) is 29.0 Å². The van der Waals surface area contributed by atoms with Crippen molar-refractivity contribution in [2.75, 3.05) is 6.61 Å². The van der Waals surface area contributed by atoms with Gasteiger partial charge in [0.05, 0.1) is 12.5 Å². The quantitative estimate of drug-likeness (QED) is 0.809. The van der Waals surface area contributed by atoms with Crippen molar-refractivity contribution in [3.8, 4) is 0 Å². The summed E-state index contributed by atoms with van der Waals surface area (Å²) in [6.07, 6.45) is 2.53. The molecule has 0 heterocycles. The van der Waals surface area contributed by atoms with Crippen molar-refractivity contribution in [3.63, 3.8) is 0 Å². The van der Waals surface area contributed by atoms with Crippen molar-refractivity contribution in [1.29, 1.82) is 0 Å². The number of carbonyl (C=O) groups excluding carboxylic acids is 2. The maximum absolute atomic E-state index is 13.7. The zero-order valence-electron chi connectivity index (χ0n) is 14.1. The molecule has 0 saturated heterocycles. The summed E-state index contributed by atoms with van der Waals surface area (Å²) in [5.74, 6) is -1.64. The van der Waals surface area contributed by atoms with Crippen LogP contribution in [0.1, 0.15) is 35.6 Å². The van der Waals surface area contributed by atoms with Crippen LogP contribution in [0.15, 0.2) is 42.5 Å². The fourth-order valence-corrected chi connectivity index (χ4v) is 3.41. The molecule has 0 fully saturated rings. The third kappa shape index (κ3) is 4.41. The van der Waals surface area contributed by atoms with Crippen molar-refractivity contribution >= 4 is 23.5 Å². The Kier molecular flexibility index (Phi) is 5.89.